The summed E-state index contributed by atoms with van der Waals surface area (Å²) in [6.07, 6.45) is 14.7. The van der Waals surface area contributed by atoms with E-state index in [2.05, 4.69) is 137 Å². The number of hydrogen-bond acceptors (Lipinski definition) is 0. The van der Waals surface area contributed by atoms with Crippen LogP contribution in [0.4, 0.5) is 0 Å². The summed E-state index contributed by atoms with van der Waals surface area (Å²) in [5.41, 5.74) is 11.2. The van der Waals surface area contributed by atoms with Gasteiger partial charge in [-0.1, -0.05) is 121 Å². The van der Waals surface area contributed by atoms with Gasteiger partial charge in [0.15, 0.2) is 0 Å². The molecule has 0 heterocycles. The van der Waals surface area contributed by atoms with Gasteiger partial charge in [0, 0.05) is 0 Å². The normalized spacial score (nSPS) is 14.6. The Morgan fingerprint density at radius 3 is 1.20 bits per heavy atom. The van der Waals surface area contributed by atoms with Crippen molar-refractivity contribution in [1.82, 2.24) is 0 Å². The molecule has 0 nitrogen and oxygen atoms in total. The summed E-state index contributed by atoms with van der Waals surface area (Å²) in [5.74, 6) is 1.57. The fourth-order valence-corrected chi connectivity index (χ4v) is 7.83. The van der Waals surface area contributed by atoms with Gasteiger partial charge in [0.2, 0.25) is 0 Å². The van der Waals surface area contributed by atoms with Crippen molar-refractivity contribution in [3.63, 3.8) is 0 Å². The van der Waals surface area contributed by atoms with Gasteiger partial charge in [0.05, 0.1) is 0 Å². The molecule has 2 aliphatic carbocycles. The average Bonchev–Trinajstić information content (AvgIpc) is 3.76. The van der Waals surface area contributed by atoms with Gasteiger partial charge in [-0.2, -0.15) is 12.1 Å². The number of halogens is 2. The Hall–Kier alpha value is -2.44. The molecule has 0 amide bonds. The minimum Gasteiger partial charge on any atom is -1.00 e. The summed E-state index contributed by atoms with van der Waals surface area (Å²) in [7, 11) is 0. The van der Waals surface area contributed by atoms with Gasteiger partial charge in [-0.05, 0) is 62.5 Å². The molecule has 0 aromatic heterocycles. The van der Waals surface area contributed by atoms with E-state index in [1.54, 1.807) is 11.1 Å². The van der Waals surface area contributed by atoms with Gasteiger partial charge < -0.3 is 45.1 Å². The standard InChI is InChI=1S/2C22H23.C3H6.2ClH.Zr/c2*1-16-10-12-18(13-11-16)21-9-5-8-19-14-20(15-22(19)21)17-6-3-2-4-7-17;1-3-2;;;/h2*5,8-15,17H,2-4,6-7H2,1H3;1-3H2;2*1H;/q2*-1;-2;;;+2/p-2. The SMILES string of the molecule is Cc1ccc(-c2cccc3[cH-]c(C4CCCCC4)cc23)cc1.Cc1ccc(-c2cccc3[cH-]c(C4CCCCC4)cc23)cc1.[CH2-]C[CH2-].[Cl-].[Cl-].[Zr+2]. The molecule has 6 aromatic carbocycles. The van der Waals surface area contributed by atoms with Gasteiger partial charge >= 0.3 is 26.2 Å². The van der Waals surface area contributed by atoms with Crippen LogP contribution in [0.3, 0.4) is 0 Å². The zero-order valence-electron chi connectivity index (χ0n) is 30.0. The molecule has 262 valence electrons. The molecule has 8 rings (SSSR count). The van der Waals surface area contributed by atoms with Crippen LogP contribution in [0.25, 0.3) is 43.8 Å². The smallest absolute Gasteiger partial charge is 1.00 e. The van der Waals surface area contributed by atoms with Crippen molar-refractivity contribution < 1.29 is 51.0 Å². The van der Waals surface area contributed by atoms with E-state index in [9.17, 15) is 0 Å². The monoisotopic (exact) mass is 776 g/mol. The van der Waals surface area contributed by atoms with Crippen LogP contribution < -0.4 is 24.8 Å². The number of fused-ring (bicyclic) bond motifs is 2. The quantitative estimate of drug-likeness (QED) is 0.159. The summed E-state index contributed by atoms with van der Waals surface area (Å²) in [4.78, 5) is 0. The van der Waals surface area contributed by atoms with Crippen molar-refractivity contribution in [2.45, 2.75) is 96.3 Å². The molecule has 0 bridgehead atoms. The van der Waals surface area contributed by atoms with Crippen LogP contribution in [0.1, 0.15) is 105 Å². The number of rotatable bonds is 4. The molecule has 3 heteroatoms. The second-order valence-corrected chi connectivity index (χ2v) is 13.9. The molecule has 0 N–H and O–H groups in total. The maximum atomic E-state index is 3.38. The van der Waals surface area contributed by atoms with E-state index < -0.39 is 0 Å². The largest absolute Gasteiger partial charge is 2.00 e. The summed E-state index contributed by atoms with van der Waals surface area (Å²) in [5, 5.41) is 5.65. The van der Waals surface area contributed by atoms with Crippen LogP contribution in [-0.2, 0) is 26.2 Å². The van der Waals surface area contributed by atoms with Crippen molar-refractivity contribution in [1.29, 1.82) is 0 Å². The Kier molecular flexibility index (Phi) is 17.3. The van der Waals surface area contributed by atoms with E-state index in [0.29, 0.717) is 0 Å². The number of hydrogen-bond donors (Lipinski definition) is 0. The Morgan fingerprint density at radius 2 is 0.860 bits per heavy atom. The van der Waals surface area contributed by atoms with Gasteiger partial charge in [0.25, 0.3) is 0 Å². The van der Waals surface area contributed by atoms with Crippen molar-refractivity contribution >= 4 is 21.5 Å². The summed E-state index contributed by atoms with van der Waals surface area (Å²) in [6.45, 7) is 11.0. The molecular weight excluding hydrogens is 727 g/mol. The van der Waals surface area contributed by atoms with Crippen molar-refractivity contribution in [2.24, 2.45) is 0 Å². The van der Waals surface area contributed by atoms with Gasteiger partial charge in [-0.25, -0.2) is 0 Å². The third-order valence-electron chi connectivity index (χ3n) is 10.4. The van der Waals surface area contributed by atoms with Crippen molar-refractivity contribution in [3.8, 4) is 22.3 Å². The van der Waals surface area contributed by atoms with E-state index in [1.807, 2.05) is 0 Å². The molecular formula is C47H52Cl2Zr-4. The number of aryl methyl sites for hydroxylation is 2. The van der Waals surface area contributed by atoms with E-state index in [0.717, 1.165) is 18.3 Å². The van der Waals surface area contributed by atoms with Crippen molar-refractivity contribution in [3.05, 3.63) is 145 Å². The van der Waals surface area contributed by atoms with Crippen LogP contribution in [0, 0.1) is 27.7 Å². The zero-order chi connectivity index (χ0) is 32.6. The predicted octanol–water partition coefficient (Wildman–Crippen LogP) is 8.21. The van der Waals surface area contributed by atoms with Crippen LogP contribution in [0.5, 0.6) is 0 Å². The Balaban J connectivity index is 0.000000238. The molecule has 2 saturated carbocycles. The van der Waals surface area contributed by atoms with E-state index in [4.69, 9.17) is 0 Å². The first-order valence-electron chi connectivity index (χ1n) is 18.2. The predicted molar refractivity (Wildman–Crippen MR) is 206 cm³/mol. The average molecular weight is 779 g/mol. The summed E-state index contributed by atoms with van der Waals surface area (Å²) in [6, 6.07) is 41.0. The molecule has 0 radical (unpaired) electrons. The third kappa shape index (κ3) is 10.3. The fourth-order valence-electron chi connectivity index (χ4n) is 7.83. The Morgan fingerprint density at radius 1 is 0.520 bits per heavy atom. The molecule has 0 atom stereocenters. The summed E-state index contributed by atoms with van der Waals surface area (Å²) < 4.78 is 0. The van der Waals surface area contributed by atoms with Gasteiger partial charge in [0.1, 0.15) is 0 Å². The first-order valence-corrected chi connectivity index (χ1v) is 18.2. The first-order chi connectivity index (χ1) is 23.0. The first kappa shape index (κ1) is 42.0. The maximum Gasteiger partial charge on any atom is 2.00 e. The van der Waals surface area contributed by atoms with Gasteiger partial charge in [-0.3, -0.25) is 0 Å². The molecule has 2 aliphatic rings. The Labute approximate surface area is 334 Å². The molecule has 2 fully saturated rings. The van der Waals surface area contributed by atoms with Crippen LogP contribution >= 0.6 is 0 Å². The van der Waals surface area contributed by atoms with E-state index >= 15 is 0 Å². The number of benzene rings is 4. The minimum absolute atomic E-state index is 0. The van der Waals surface area contributed by atoms with Crippen LogP contribution in [0.2, 0.25) is 0 Å². The molecule has 0 saturated heterocycles. The van der Waals surface area contributed by atoms with Crippen molar-refractivity contribution in [2.75, 3.05) is 0 Å². The second kappa shape index (κ2) is 20.6. The van der Waals surface area contributed by atoms with Crippen LogP contribution in [0.15, 0.2) is 109 Å². The topological polar surface area (TPSA) is 0 Å². The maximum absolute atomic E-state index is 3.38. The second-order valence-electron chi connectivity index (χ2n) is 13.9. The van der Waals surface area contributed by atoms with Crippen LogP contribution in [-0.4, -0.2) is 0 Å². The molecule has 0 unspecified atom stereocenters. The third-order valence-corrected chi connectivity index (χ3v) is 10.4. The summed E-state index contributed by atoms with van der Waals surface area (Å²) >= 11 is 0. The molecule has 0 spiro atoms. The van der Waals surface area contributed by atoms with Gasteiger partial charge in [-0.15, -0.1) is 69.1 Å². The minimum atomic E-state index is 0. The molecule has 6 aromatic rings. The molecule has 0 aliphatic heterocycles. The zero-order valence-corrected chi connectivity index (χ0v) is 34.0. The Bertz CT molecular complexity index is 1710. The van der Waals surface area contributed by atoms with E-state index in [-0.39, 0.29) is 51.0 Å². The van der Waals surface area contributed by atoms with E-state index in [1.165, 1.54) is 119 Å². The fraction of sp³-hybridized carbons (Fsp3) is 0.319. The molecule has 50 heavy (non-hydrogen) atoms.